The molecule has 0 aliphatic carbocycles. The molecule has 1 N–H and O–H groups in total. The van der Waals surface area contributed by atoms with Crippen LogP contribution in [0.25, 0.3) is 0 Å². The Balaban J connectivity index is 2.02. The van der Waals surface area contributed by atoms with Crippen molar-refractivity contribution >= 4 is 15.9 Å². The Hall–Kier alpha value is -1.68. The van der Waals surface area contributed by atoms with Crippen LogP contribution in [0, 0.1) is 0 Å². The third kappa shape index (κ3) is 3.17. The van der Waals surface area contributed by atoms with Gasteiger partial charge in [0.05, 0.1) is 7.11 Å². The lowest BCUT2D eigenvalue weighted by Crippen LogP contribution is -1.96. The number of phenols is 1. The van der Waals surface area contributed by atoms with Crippen molar-refractivity contribution in [3.05, 3.63) is 52.5 Å². The minimum atomic E-state index is 0.232. The molecular weight excluding hydrogens is 296 g/mol. The number of methoxy groups -OCH3 is 1. The number of halogens is 1. The van der Waals surface area contributed by atoms with Crippen LogP contribution in [0.1, 0.15) is 5.56 Å². The Labute approximate surface area is 114 Å². The molecule has 2 rings (SSSR count). The zero-order valence-electron chi connectivity index (χ0n) is 9.89. The highest BCUT2D eigenvalue weighted by Crippen LogP contribution is 2.24. The van der Waals surface area contributed by atoms with E-state index >= 15 is 0 Å². The van der Waals surface area contributed by atoms with Gasteiger partial charge in [0.2, 0.25) is 0 Å². The molecule has 0 heterocycles. The summed E-state index contributed by atoms with van der Waals surface area (Å²) in [7, 11) is 1.63. The Morgan fingerprint density at radius 1 is 1.06 bits per heavy atom. The lowest BCUT2D eigenvalue weighted by Gasteiger charge is -2.08. The van der Waals surface area contributed by atoms with Crippen molar-refractivity contribution < 1.29 is 14.6 Å². The zero-order chi connectivity index (χ0) is 13.0. The van der Waals surface area contributed by atoms with E-state index in [9.17, 15) is 5.11 Å². The molecule has 0 saturated heterocycles. The summed E-state index contributed by atoms with van der Waals surface area (Å²) in [5, 5.41) is 9.30. The van der Waals surface area contributed by atoms with Crippen LogP contribution in [0.15, 0.2) is 46.9 Å². The second kappa shape index (κ2) is 5.78. The van der Waals surface area contributed by atoms with Crippen LogP contribution < -0.4 is 9.47 Å². The summed E-state index contributed by atoms with van der Waals surface area (Å²) in [5.74, 6) is 1.80. The molecule has 0 fully saturated rings. The van der Waals surface area contributed by atoms with Gasteiger partial charge in [0.25, 0.3) is 0 Å². The highest BCUT2D eigenvalue weighted by Gasteiger charge is 2.02. The Morgan fingerprint density at radius 3 is 2.33 bits per heavy atom. The molecule has 0 radical (unpaired) electrons. The molecule has 0 bridgehead atoms. The van der Waals surface area contributed by atoms with E-state index in [2.05, 4.69) is 15.9 Å². The van der Waals surface area contributed by atoms with E-state index in [-0.39, 0.29) is 5.75 Å². The fraction of sp³-hybridized carbons (Fsp3) is 0.143. The van der Waals surface area contributed by atoms with Gasteiger partial charge in [-0.1, -0.05) is 22.0 Å². The number of hydrogen-bond acceptors (Lipinski definition) is 3. The third-order valence-electron chi connectivity index (χ3n) is 2.49. The predicted molar refractivity (Wildman–Crippen MR) is 73.1 cm³/mol. The van der Waals surface area contributed by atoms with E-state index in [1.807, 2.05) is 30.3 Å². The first-order valence-corrected chi connectivity index (χ1v) is 6.22. The highest BCUT2D eigenvalue weighted by molar-refractivity contribution is 9.10. The number of benzene rings is 2. The van der Waals surface area contributed by atoms with Crippen LogP contribution in [0.4, 0.5) is 0 Å². The van der Waals surface area contributed by atoms with Crippen molar-refractivity contribution in [2.75, 3.05) is 7.11 Å². The van der Waals surface area contributed by atoms with E-state index in [0.717, 1.165) is 21.5 Å². The maximum atomic E-state index is 9.30. The predicted octanol–water partition coefficient (Wildman–Crippen LogP) is 3.74. The van der Waals surface area contributed by atoms with Gasteiger partial charge in [-0.15, -0.1) is 0 Å². The van der Waals surface area contributed by atoms with Crippen molar-refractivity contribution in [1.29, 1.82) is 0 Å². The van der Waals surface area contributed by atoms with Gasteiger partial charge in [0, 0.05) is 10.0 Å². The Morgan fingerprint density at radius 2 is 1.72 bits per heavy atom. The maximum Gasteiger partial charge on any atom is 0.120 e. The van der Waals surface area contributed by atoms with Crippen LogP contribution in [0.5, 0.6) is 17.2 Å². The van der Waals surface area contributed by atoms with Gasteiger partial charge < -0.3 is 14.6 Å². The number of ether oxygens (including phenoxy) is 2. The van der Waals surface area contributed by atoms with Gasteiger partial charge in [0.15, 0.2) is 0 Å². The average molecular weight is 309 g/mol. The molecule has 0 aliphatic rings. The number of rotatable bonds is 4. The molecule has 0 amide bonds. The first-order chi connectivity index (χ1) is 8.69. The number of hydrogen-bond donors (Lipinski definition) is 1. The zero-order valence-corrected chi connectivity index (χ0v) is 11.5. The van der Waals surface area contributed by atoms with E-state index < -0.39 is 0 Å². The van der Waals surface area contributed by atoms with Crippen LogP contribution in [-0.2, 0) is 6.61 Å². The quantitative estimate of drug-likeness (QED) is 0.935. The van der Waals surface area contributed by atoms with E-state index in [0.29, 0.717) is 6.61 Å². The van der Waals surface area contributed by atoms with Crippen LogP contribution in [-0.4, -0.2) is 12.2 Å². The summed E-state index contributed by atoms with van der Waals surface area (Å²) < 4.78 is 11.5. The fourth-order valence-corrected chi connectivity index (χ4v) is 1.97. The monoisotopic (exact) mass is 308 g/mol. The van der Waals surface area contributed by atoms with E-state index in [1.165, 1.54) is 0 Å². The summed E-state index contributed by atoms with van der Waals surface area (Å²) in [6, 6.07) is 12.5. The highest BCUT2D eigenvalue weighted by atomic mass is 79.9. The lowest BCUT2D eigenvalue weighted by atomic mass is 10.2. The summed E-state index contributed by atoms with van der Waals surface area (Å²) >= 11 is 3.38. The van der Waals surface area contributed by atoms with Gasteiger partial charge in [0.1, 0.15) is 23.9 Å². The molecule has 4 heteroatoms. The molecule has 0 aromatic heterocycles. The summed E-state index contributed by atoms with van der Waals surface area (Å²) in [6.07, 6.45) is 0. The van der Waals surface area contributed by atoms with Crippen LogP contribution in [0.2, 0.25) is 0 Å². The largest absolute Gasteiger partial charge is 0.508 e. The van der Waals surface area contributed by atoms with Crippen LogP contribution in [0.3, 0.4) is 0 Å². The van der Waals surface area contributed by atoms with Crippen LogP contribution >= 0.6 is 15.9 Å². The molecule has 0 saturated carbocycles. The van der Waals surface area contributed by atoms with Crippen molar-refractivity contribution in [3.8, 4) is 17.2 Å². The van der Waals surface area contributed by atoms with Gasteiger partial charge in [-0.25, -0.2) is 0 Å². The average Bonchev–Trinajstić information content (AvgIpc) is 2.38. The molecular formula is C14H13BrO3. The molecule has 18 heavy (non-hydrogen) atoms. The van der Waals surface area contributed by atoms with Gasteiger partial charge in [-0.2, -0.15) is 0 Å². The summed E-state index contributed by atoms with van der Waals surface area (Å²) in [5.41, 5.74) is 0.976. The van der Waals surface area contributed by atoms with Gasteiger partial charge >= 0.3 is 0 Å². The molecule has 0 atom stereocenters. The maximum absolute atomic E-state index is 9.30. The van der Waals surface area contributed by atoms with E-state index in [1.54, 1.807) is 19.2 Å². The van der Waals surface area contributed by atoms with Crippen molar-refractivity contribution in [1.82, 2.24) is 0 Å². The third-order valence-corrected chi connectivity index (χ3v) is 3.23. The molecule has 3 nitrogen and oxygen atoms in total. The minimum absolute atomic E-state index is 0.232. The number of aromatic hydroxyl groups is 1. The normalized spacial score (nSPS) is 10.1. The summed E-state index contributed by atoms with van der Waals surface area (Å²) in [4.78, 5) is 0. The summed E-state index contributed by atoms with van der Waals surface area (Å²) in [6.45, 7) is 0.438. The Kier molecular flexibility index (Phi) is 4.10. The SMILES string of the molecule is COc1ccc(OCc2ccc(O)cc2Br)cc1. The topological polar surface area (TPSA) is 38.7 Å². The van der Waals surface area contributed by atoms with E-state index in [4.69, 9.17) is 9.47 Å². The standard InChI is InChI=1S/C14H13BrO3/c1-17-12-4-6-13(7-5-12)18-9-10-2-3-11(16)8-14(10)15/h2-8,16H,9H2,1H3. The first-order valence-electron chi connectivity index (χ1n) is 5.43. The lowest BCUT2D eigenvalue weighted by molar-refractivity contribution is 0.304. The second-order valence-electron chi connectivity index (χ2n) is 3.74. The van der Waals surface area contributed by atoms with Crippen molar-refractivity contribution in [2.45, 2.75) is 6.61 Å². The second-order valence-corrected chi connectivity index (χ2v) is 4.59. The van der Waals surface area contributed by atoms with Gasteiger partial charge in [-0.05, 0) is 36.4 Å². The smallest absolute Gasteiger partial charge is 0.120 e. The molecule has 2 aromatic rings. The van der Waals surface area contributed by atoms with Gasteiger partial charge in [-0.3, -0.25) is 0 Å². The molecule has 0 aliphatic heterocycles. The van der Waals surface area contributed by atoms with Crippen molar-refractivity contribution in [2.24, 2.45) is 0 Å². The molecule has 2 aromatic carbocycles. The Bertz CT molecular complexity index is 523. The first kappa shape index (κ1) is 12.8. The number of phenolic OH excluding ortho intramolecular Hbond substituents is 1. The van der Waals surface area contributed by atoms with Crippen molar-refractivity contribution in [3.63, 3.8) is 0 Å². The molecule has 0 spiro atoms. The minimum Gasteiger partial charge on any atom is -0.508 e. The molecule has 94 valence electrons. The molecule has 0 unspecified atom stereocenters. The fourth-order valence-electron chi connectivity index (χ4n) is 1.49.